The molecule has 6 nitrogen and oxygen atoms in total. The van der Waals surface area contributed by atoms with Crippen LogP contribution in [0.3, 0.4) is 0 Å². The highest BCUT2D eigenvalue weighted by Gasteiger charge is 2.52. The number of amides is 3. The number of rotatable bonds is 6. The van der Waals surface area contributed by atoms with Gasteiger partial charge in [-0.15, -0.1) is 0 Å². The quantitative estimate of drug-likeness (QED) is 0.553. The van der Waals surface area contributed by atoms with Crippen molar-refractivity contribution in [3.8, 4) is 0 Å². The molecular formula is C24H30N2O4Si. The number of imide groups is 1. The zero-order valence-corrected chi connectivity index (χ0v) is 19.3. The van der Waals surface area contributed by atoms with Gasteiger partial charge < -0.3 is 14.4 Å². The van der Waals surface area contributed by atoms with E-state index in [1.54, 1.807) is 0 Å². The molecule has 164 valence electrons. The molecule has 0 aromatic heterocycles. The summed E-state index contributed by atoms with van der Waals surface area (Å²) < 4.78 is 6.79. The van der Waals surface area contributed by atoms with Crippen LogP contribution in [0.4, 0.5) is 4.79 Å². The highest BCUT2D eigenvalue weighted by atomic mass is 28.4. The Morgan fingerprint density at radius 2 is 1.55 bits per heavy atom. The highest BCUT2D eigenvalue weighted by molar-refractivity contribution is 6.99. The number of benzene rings is 2. The molecule has 2 aliphatic heterocycles. The average molecular weight is 439 g/mol. The van der Waals surface area contributed by atoms with Gasteiger partial charge in [0.15, 0.2) is 0 Å². The van der Waals surface area contributed by atoms with Crippen molar-refractivity contribution >= 4 is 30.6 Å². The van der Waals surface area contributed by atoms with E-state index in [9.17, 15) is 14.7 Å². The molecule has 2 saturated heterocycles. The van der Waals surface area contributed by atoms with Crippen LogP contribution in [0.15, 0.2) is 60.7 Å². The lowest BCUT2D eigenvalue weighted by atomic mass is 10.2. The third kappa shape index (κ3) is 3.71. The number of aliphatic hydroxyl groups is 1. The Bertz CT molecular complexity index is 882. The molecule has 0 bridgehead atoms. The van der Waals surface area contributed by atoms with Crippen LogP contribution in [0.5, 0.6) is 0 Å². The molecule has 4 rings (SSSR count). The SMILES string of the molecule is CC(C)(C)[Si](OCCN1C(=O)[C@@H]2C[C@@H](O)CN2C1=O)(c1ccccc1)c1ccccc1. The van der Waals surface area contributed by atoms with Crippen molar-refractivity contribution < 1.29 is 19.1 Å². The first-order valence-corrected chi connectivity index (χ1v) is 12.7. The van der Waals surface area contributed by atoms with Crippen molar-refractivity contribution in [2.45, 2.75) is 44.4 Å². The van der Waals surface area contributed by atoms with Crippen molar-refractivity contribution in [2.24, 2.45) is 0 Å². The fourth-order valence-electron chi connectivity index (χ4n) is 4.95. The van der Waals surface area contributed by atoms with Gasteiger partial charge in [-0.2, -0.15) is 0 Å². The Kier molecular flexibility index (Phi) is 5.76. The van der Waals surface area contributed by atoms with Crippen LogP contribution < -0.4 is 10.4 Å². The first-order valence-electron chi connectivity index (χ1n) is 10.8. The largest absolute Gasteiger partial charge is 0.406 e. The Morgan fingerprint density at radius 3 is 2.03 bits per heavy atom. The van der Waals surface area contributed by atoms with Gasteiger partial charge in [-0.25, -0.2) is 4.79 Å². The van der Waals surface area contributed by atoms with Crippen LogP contribution in [0.2, 0.25) is 5.04 Å². The van der Waals surface area contributed by atoms with E-state index in [0.717, 1.165) is 10.4 Å². The van der Waals surface area contributed by atoms with E-state index < -0.39 is 20.5 Å². The fourth-order valence-corrected chi connectivity index (χ4v) is 9.50. The summed E-state index contributed by atoms with van der Waals surface area (Å²) in [4.78, 5) is 28.2. The van der Waals surface area contributed by atoms with E-state index in [2.05, 4.69) is 45.0 Å². The van der Waals surface area contributed by atoms with Crippen LogP contribution in [-0.4, -0.2) is 67.0 Å². The van der Waals surface area contributed by atoms with E-state index >= 15 is 0 Å². The lowest BCUT2D eigenvalue weighted by molar-refractivity contribution is -0.128. The average Bonchev–Trinajstić information content (AvgIpc) is 3.23. The van der Waals surface area contributed by atoms with Gasteiger partial charge in [-0.05, 0) is 15.4 Å². The second-order valence-electron chi connectivity index (χ2n) is 9.34. The van der Waals surface area contributed by atoms with E-state index in [1.807, 2.05) is 36.4 Å². The molecule has 2 heterocycles. The molecule has 0 unspecified atom stereocenters. The second kappa shape index (κ2) is 8.22. The molecule has 3 amide bonds. The van der Waals surface area contributed by atoms with Gasteiger partial charge in [0.2, 0.25) is 0 Å². The maximum Gasteiger partial charge on any atom is 0.327 e. The second-order valence-corrected chi connectivity index (χ2v) is 13.6. The smallest absolute Gasteiger partial charge is 0.327 e. The Balaban J connectivity index is 1.61. The maximum absolute atomic E-state index is 12.7. The van der Waals surface area contributed by atoms with Gasteiger partial charge in [0.05, 0.1) is 19.3 Å². The van der Waals surface area contributed by atoms with Gasteiger partial charge in [-0.3, -0.25) is 9.69 Å². The summed E-state index contributed by atoms with van der Waals surface area (Å²) in [6.07, 6.45) is -0.301. The van der Waals surface area contributed by atoms with Crippen LogP contribution in [0.25, 0.3) is 0 Å². The maximum atomic E-state index is 12.7. The van der Waals surface area contributed by atoms with Gasteiger partial charge >= 0.3 is 6.03 Å². The third-order valence-electron chi connectivity index (χ3n) is 6.36. The predicted octanol–water partition coefficient (Wildman–Crippen LogP) is 1.96. The molecule has 2 aromatic rings. The number of urea groups is 1. The standard InChI is InChI=1S/C24H30N2O4Si/c1-24(2,3)31(19-10-6-4-7-11-19,20-12-8-5-9-13-20)30-15-14-25-22(28)21-16-18(27)17-26(21)23(25)29/h4-13,18,21,27H,14-17H2,1-3H3/t18-,21+/m1/s1. The van der Waals surface area contributed by atoms with Gasteiger partial charge in [0, 0.05) is 13.0 Å². The summed E-state index contributed by atoms with van der Waals surface area (Å²) in [6.45, 7) is 7.30. The van der Waals surface area contributed by atoms with Gasteiger partial charge in [-0.1, -0.05) is 81.4 Å². The fraction of sp³-hybridized carbons (Fsp3) is 0.417. The lowest BCUT2D eigenvalue weighted by Gasteiger charge is -2.43. The zero-order chi connectivity index (χ0) is 22.2. The van der Waals surface area contributed by atoms with Crippen LogP contribution in [0, 0.1) is 0 Å². The first-order chi connectivity index (χ1) is 14.8. The Hall–Kier alpha value is -2.48. The normalized spacial score (nSPS) is 21.7. The van der Waals surface area contributed by atoms with E-state index in [-0.39, 0.29) is 36.7 Å². The lowest BCUT2D eigenvalue weighted by Crippen LogP contribution is -2.67. The molecular weight excluding hydrogens is 408 g/mol. The van der Waals surface area contributed by atoms with Crippen molar-refractivity contribution in [3.63, 3.8) is 0 Å². The number of carbonyl (C=O) groups excluding carboxylic acids is 2. The Morgan fingerprint density at radius 1 is 1.00 bits per heavy atom. The Labute approximate surface area is 184 Å². The molecule has 2 aromatic carbocycles. The van der Waals surface area contributed by atoms with Crippen LogP contribution in [-0.2, 0) is 9.22 Å². The molecule has 0 saturated carbocycles. The first kappa shape index (κ1) is 21.7. The van der Waals surface area contributed by atoms with E-state index in [0.29, 0.717) is 6.42 Å². The van der Waals surface area contributed by atoms with E-state index in [1.165, 1.54) is 9.80 Å². The minimum atomic E-state index is -2.71. The molecule has 0 radical (unpaired) electrons. The zero-order valence-electron chi connectivity index (χ0n) is 18.3. The number of hydrogen-bond donors (Lipinski definition) is 1. The summed E-state index contributed by atoms with van der Waals surface area (Å²) in [5, 5.41) is 12.0. The molecule has 31 heavy (non-hydrogen) atoms. The van der Waals surface area contributed by atoms with E-state index in [4.69, 9.17) is 4.43 Å². The number of fused-ring (bicyclic) bond motifs is 1. The van der Waals surface area contributed by atoms with Crippen molar-refractivity contribution in [2.75, 3.05) is 19.7 Å². The summed E-state index contributed by atoms with van der Waals surface area (Å²) in [5.41, 5.74) is 0. The van der Waals surface area contributed by atoms with Crippen molar-refractivity contribution in [1.29, 1.82) is 0 Å². The summed E-state index contributed by atoms with van der Waals surface area (Å²) in [6, 6.07) is 19.7. The number of aliphatic hydroxyl groups excluding tert-OH is 1. The summed E-state index contributed by atoms with van der Waals surface area (Å²) in [7, 11) is -2.71. The van der Waals surface area contributed by atoms with Crippen LogP contribution >= 0.6 is 0 Å². The molecule has 1 N–H and O–H groups in total. The predicted molar refractivity (Wildman–Crippen MR) is 122 cm³/mol. The van der Waals surface area contributed by atoms with Gasteiger partial charge in [0.1, 0.15) is 6.04 Å². The summed E-state index contributed by atoms with van der Waals surface area (Å²) >= 11 is 0. The highest BCUT2D eigenvalue weighted by Crippen LogP contribution is 2.37. The molecule has 2 aliphatic rings. The number of carbonyl (C=O) groups is 2. The topological polar surface area (TPSA) is 70.1 Å². The monoisotopic (exact) mass is 438 g/mol. The molecule has 0 aliphatic carbocycles. The molecule has 2 atom stereocenters. The minimum absolute atomic E-state index is 0.168. The van der Waals surface area contributed by atoms with Crippen LogP contribution in [0.1, 0.15) is 27.2 Å². The molecule has 2 fully saturated rings. The minimum Gasteiger partial charge on any atom is -0.406 e. The third-order valence-corrected chi connectivity index (χ3v) is 11.4. The number of hydrogen-bond acceptors (Lipinski definition) is 4. The number of nitrogens with zero attached hydrogens (tertiary/aromatic N) is 2. The van der Waals surface area contributed by atoms with Gasteiger partial charge in [0.25, 0.3) is 14.2 Å². The van der Waals surface area contributed by atoms with Crippen molar-refractivity contribution in [1.82, 2.24) is 9.80 Å². The molecule has 0 spiro atoms. The summed E-state index contributed by atoms with van der Waals surface area (Å²) in [5.74, 6) is -0.229. The van der Waals surface area contributed by atoms with Crippen molar-refractivity contribution in [3.05, 3.63) is 60.7 Å². The molecule has 7 heteroatoms.